The third kappa shape index (κ3) is 3.95. The summed E-state index contributed by atoms with van der Waals surface area (Å²) in [6, 6.07) is 8.42. The Morgan fingerprint density at radius 3 is 2.70 bits per heavy atom. The van der Waals surface area contributed by atoms with Gasteiger partial charge in [-0.15, -0.1) is 0 Å². The van der Waals surface area contributed by atoms with Gasteiger partial charge in [0.15, 0.2) is 0 Å². The van der Waals surface area contributed by atoms with Gasteiger partial charge >= 0.3 is 5.97 Å². The number of benzene rings is 1. The molecule has 3 aromatic rings. The van der Waals surface area contributed by atoms with E-state index in [0.717, 1.165) is 17.5 Å². The van der Waals surface area contributed by atoms with E-state index in [-0.39, 0.29) is 17.2 Å². The van der Waals surface area contributed by atoms with Crippen molar-refractivity contribution in [3.63, 3.8) is 0 Å². The quantitative estimate of drug-likeness (QED) is 0.537. The Bertz CT molecular complexity index is 1130. The lowest BCUT2D eigenvalue weighted by Gasteiger charge is -2.27. The van der Waals surface area contributed by atoms with Gasteiger partial charge in [0.25, 0.3) is 0 Å². The smallest absolute Gasteiger partial charge is 0.336 e. The third-order valence-corrected chi connectivity index (χ3v) is 5.33. The fourth-order valence-corrected chi connectivity index (χ4v) is 3.83. The minimum Gasteiger partial charge on any atom is -0.478 e. The van der Waals surface area contributed by atoms with Crippen LogP contribution in [0.1, 0.15) is 38.3 Å². The van der Waals surface area contributed by atoms with E-state index in [2.05, 4.69) is 20.3 Å². The van der Waals surface area contributed by atoms with Crippen molar-refractivity contribution in [1.29, 1.82) is 0 Å². The van der Waals surface area contributed by atoms with E-state index in [1.807, 2.05) is 6.07 Å². The molecular weight excluding hydrogens is 406 g/mol. The van der Waals surface area contributed by atoms with Crippen LogP contribution in [0.25, 0.3) is 11.3 Å². The van der Waals surface area contributed by atoms with Crippen LogP contribution in [0.4, 0.5) is 5.95 Å². The van der Waals surface area contributed by atoms with Gasteiger partial charge in [-0.3, -0.25) is 4.79 Å². The fourth-order valence-electron chi connectivity index (χ4n) is 3.72. The van der Waals surface area contributed by atoms with Crippen molar-refractivity contribution in [2.45, 2.75) is 25.3 Å². The average molecular weight is 424 g/mol. The predicted octanol–water partition coefficient (Wildman–Crippen LogP) is 2.96. The Morgan fingerprint density at radius 1 is 1.17 bits per heavy atom. The first-order chi connectivity index (χ1) is 14.4. The Balaban J connectivity index is 1.59. The minimum absolute atomic E-state index is 0.0711. The maximum atomic E-state index is 12.0. The van der Waals surface area contributed by atoms with E-state index < -0.39 is 11.9 Å². The van der Waals surface area contributed by atoms with Gasteiger partial charge in [-0.2, -0.15) is 0 Å². The van der Waals surface area contributed by atoms with Gasteiger partial charge in [0.05, 0.1) is 16.8 Å². The highest BCUT2D eigenvalue weighted by atomic mass is 35.5. The number of hydrogen-bond donors (Lipinski definition) is 3. The summed E-state index contributed by atoms with van der Waals surface area (Å²) in [4.78, 5) is 36.4. The molecular formula is C21H18ClN5O3. The van der Waals surface area contributed by atoms with Crippen LogP contribution in [-0.2, 0) is 12.8 Å². The molecule has 0 radical (unpaired) electrons. The molecule has 2 heterocycles. The van der Waals surface area contributed by atoms with Crippen molar-refractivity contribution < 1.29 is 14.7 Å². The number of carbonyl (C=O) groups excluding carboxylic acids is 1. The molecule has 1 aliphatic rings. The Kier molecular flexibility index (Phi) is 5.33. The van der Waals surface area contributed by atoms with Crippen molar-refractivity contribution >= 4 is 29.4 Å². The Morgan fingerprint density at radius 2 is 2.00 bits per heavy atom. The average Bonchev–Trinajstić information content (AvgIpc) is 2.73. The lowest BCUT2D eigenvalue weighted by molar-refractivity contribution is 0.0691. The van der Waals surface area contributed by atoms with E-state index in [0.29, 0.717) is 35.2 Å². The fraction of sp³-hybridized carbons (Fsp3) is 0.190. The zero-order chi connectivity index (χ0) is 21.3. The van der Waals surface area contributed by atoms with Crippen molar-refractivity contribution in [2.75, 3.05) is 5.32 Å². The van der Waals surface area contributed by atoms with Gasteiger partial charge in [-0.05, 0) is 54.7 Å². The summed E-state index contributed by atoms with van der Waals surface area (Å²) in [5, 5.41) is 13.1. The van der Waals surface area contributed by atoms with E-state index in [4.69, 9.17) is 17.3 Å². The summed E-state index contributed by atoms with van der Waals surface area (Å²) in [6.45, 7) is 0. The van der Waals surface area contributed by atoms with Crippen LogP contribution >= 0.6 is 11.6 Å². The second-order valence-electron chi connectivity index (χ2n) is 7.01. The highest BCUT2D eigenvalue weighted by Gasteiger charge is 2.27. The number of anilines is 1. The van der Waals surface area contributed by atoms with Gasteiger partial charge in [0.2, 0.25) is 11.9 Å². The number of carboxylic acids is 1. The lowest BCUT2D eigenvalue weighted by atomic mass is 9.83. The number of rotatable bonds is 5. The number of aromatic nitrogens is 3. The number of carboxylic acid groups (broad SMARTS) is 1. The monoisotopic (exact) mass is 423 g/mol. The number of amides is 1. The number of aromatic carboxylic acids is 1. The predicted molar refractivity (Wildman–Crippen MR) is 112 cm³/mol. The molecule has 1 aromatic carbocycles. The molecule has 152 valence electrons. The molecule has 4 N–H and O–H groups in total. The van der Waals surface area contributed by atoms with Gasteiger partial charge < -0.3 is 16.2 Å². The molecule has 1 atom stereocenters. The summed E-state index contributed by atoms with van der Waals surface area (Å²) in [5.41, 5.74) is 8.62. The van der Waals surface area contributed by atoms with Crippen molar-refractivity contribution in [1.82, 2.24) is 15.0 Å². The molecule has 1 amide bonds. The van der Waals surface area contributed by atoms with Gasteiger partial charge in [-0.25, -0.2) is 19.7 Å². The molecule has 0 aliphatic heterocycles. The second kappa shape index (κ2) is 8.08. The van der Waals surface area contributed by atoms with E-state index in [9.17, 15) is 14.7 Å². The molecule has 2 aromatic heterocycles. The number of nitrogens with one attached hydrogen (secondary N) is 1. The molecule has 9 heteroatoms. The number of fused-ring (bicyclic) bond motifs is 1. The highest BCUT2D eigenvalue weighted by molar-refractivity contribution is 6.29. The Hall–Kier alpha value is -3.52. The Labute approximate surface area is 177 Å². The van der Waals surface area contributed by atoms with E-state index >= 15 is 0 Å². The number of aryl methyl sites for hydroxylation is 1. The van der Waals surface area contributed by atoms with Crippen LogP contribution < -0.4 is 11.1 Å². The summed E-state index contributed by atoms with van der Waals surface area (Å²) in [5.74, 6) is -1.47. The molecule has 0 fully saturated rings. The summed E-state index contributed by atoms with van der Waals surface area (Å²) >= 11 is 5.84. The topological polar surface area (TPSA) is 131 Å². The molecule has 0 saturated carbocycles. The van der Waals surface area contributed by atoms with Gasteiger partial charge in [0, 0.05) is 24.0 Å². The third-order valence-electron chi connectivity index (χ3n) is 5.11. The largest absolute Gasteiger partial charge is 0.478 e. The highest BCUT2D eigenvalue weighted by Crippen LogP contribution is 2.29. The van der Waals surface area contributed by atoms with Crippen LogP contribution in [0.2, 0.25) is 5.15 Å². The first-order valence-corrected chi connectivity index (χ1v) is 9.69. The van der Waals surface area contributed by atoms with E-state index in [1.165, 1.54) is 6.07 Å². The molecule has 8 nitrogen and oxygen atoms in total. The summed E-state index contributed by atoms with van der Waals surface area (Å²) in [7, 11) is 0. The number of pyridine rings is 1. The molecule has 1 aliphatic carbocycles. The molecule has 4 rings (SSSR count). The van der Waals surface area contributed by atoms with Crippen LogP contribution in [-0.4, -0.2) is 38.0 Å². The summed E-state index contributed by atoms with van der Waals surface area (Å²) < 4.78 is 0. The summed E-state index contributed by atoms with van der Waals surface area (Å²) in [6.07, 6.45) is 5.21. The standard InChI is InChI=1S/C21H18ClN5O3/c22-17-6-3-12(10-25-17)16-7-8-24-21(27-16)26-13-4-1-11-2-5-14(20(29)30)18(19(23)28)15(11)9-13/h2-3,5-8,10,13H,1,4,9H2,(H2,23,28)(H,29,30)(H,24,26,27). The molecule has 0 spiro atoms. The van der Waals surface area contributed by atoms with Crippen LogP contribution in [0.3, 0.4) is 0 Å². The maximum absolute atomic E-state index is 12.0. The van der Waals surface area contributed by atoms with Crippen LogP contribution in [0, 0.1) is 0 Å². The maximum Gasteiger partial charge on any atom is 0.336 e. The first-order valence-electron chi connectivity index (χ1n) is 9.31. The first kappa shape index (κ1) is 19.8. The van der Waals surface area contributed by atoms with Crippen LogP contribution in [0.5, 0.6) is 0 Å². The zero-order valence-electron chi connectivity index (χ0n) is 15.8. The number of primary amides is 1. The van der Waals surface area contributed by atoms with E-state index in [1.54, 1.807) is 30.6 Å². The van der Waals surface area contributed by atoms with Crippen molar-refractivity contribution in [2.24, 2.45) is 5.73 Å². The van der Waals surface area contributed by atoms with Gasteiger partial charge in [0.1, 0.15) is 5.15 Å². The number of nitrogens with two attached hydrogens (primary N) is 1. The zero-order valence-corrected chi connectivity index (χ0v) is 16.6. The normalized spacial score (nSPS) is 15.3. The van der Waals surface area contributed by atoms with Gasteiger partial charge in [-0.1, -0.05) is 17.7 Å². The van der Waals surface area contributed by atoms with Crippen LogP contribution in [0.15, 0.2) is 42.7 Å². The second-order valence-corrected chi connectivity index (χ2v) is 7.40. The molecule has 0 saturated heterocycles. The number of hydrogen-bond acceptors (Lipinski definition) is 6. The molecule has 30 heavy (non-hydrogen) atoms. The number of carbonyl (C=O) groups is 2. The number of halogens is 1. The van der Waals surface area contributed by atoms with Crippen molar-refractivity contribution in [3.05, 3.63) is 70.1 Å². The molecule has 0 bridgehead atoms. The minimum atomic E-state index is -1.17. The number of nitrogens with zero attached hydrogens (tertiary/aromatic N) is 3. The SMILES string of the molecule is NC(=O)c1c(C(=O)O)ccc2c1CC(Nc1nccc(-c3ccc(Cl)nc3)n1)CC2. The molecule has 1 unspecified atom stereocenters. The lowest BCUT2D eigenvalue weighted by Crippen LogP contribution is -2.31. The van der Waals surface area contributed by atoms with Crippen molar-refractivity contribution in [3.8, 4) is 11.3 Å².